The molecule has 0 bridgehead atoms. The summed E-state index contributed by atoms with van der Waals surface area (Å²) in [6.45, 7) is 4.85. The van der Waals surface area contributed by atoms with Gasteiger partial charge >= 0.3 is 5.76 Å². The molecule has 0 unspecified atom stereocenters. The molecule has 0 radical (unpaired) electrons. The Morgan fingerprint density at radius 1 is 1.25 bits per heavy atom. The van der Waals surface area contributed by atoms with E-state index in [1.165, 1.54) is 0 Å². The fourth-order valence-corrected chi connectivity index (χ4v) is 3.30. The van der Waals surface area contributed by atoms with Crippen LogP contribution in [0.5, 0.6) is 0 Å². The quantitative estimate of drug-likeness (QED) is 0.608. The maximum Gasteiger partial charge on any atom is 0.417 e. The van der Waals surface area contributed by atoms with Crippen LogP contribution in [0.2, 0.25) is 0 Å². The Hall–Kier alpha value is -3.26. The summed E-state index contributed by atoms with van der Waals surface area (Å²) in [5.41, 5.74) is 5.74. The Labute approximate surface area is 137 Å². The highest BCUT2D eigenvalue weighted by Crippen LogP contribution is 2.34. The summed E-state index contributed by atoms with van der Waals surface area (Å²) in [5, 5.41) is 10.7. The van der Waals surface area contributed by atoms with Crippen molar-refractivity contribution in [1.82, 2.24) is 9.55 Å². The van der Waals surface area contributed by atoms with Gasteiger partial charge in [0.2, 0.25) is 0 Å². The number of hydrogen-bond donors (Lipinski definition) is 1. The second kappa shape index (κ2) is 5.14. The molecule has 0 aliphatic carbocycles. The molecule has 0 saturated carbocycles. The minimum absolute atomic E-state index is 0.477. The number of nitrogens with zero attached hydrogens (tertiary/aromatic N) is 2. The van der Waals surface area contributed by atoms with Crippen molar-refractivity contribution >= 4 is 22.0 Å². The number of fused-ring (bicyclic) bond motifs is 2. The van der Waals surface area contributed by atoms with Crippen LogP contribution in [-0.4, -0.2) is 9.55 Å². The van der Waals surface area contributed by atoms with Crippen molar-refractivity contribution in [3.05, 3.63) is 58.1 Å². The monoisotopic (exact) mass is 317 g/mol. The molecule has 24 heavy (non-hydrogen) atoms. The third-order valence-corrected chi connectivity index (χ3v) is 4.34. The zero-order valence-electron chi connectivity index (χ0n) is 13.4. The maximum absolute atomic E-state index is 11.4. The van der Waals surface area contributed by atoms with Gasteiger partial charge < -0.3 is 8.98 Å². The molecule has 0 atom stereocenters. The van der Waals surface area contributed by atoms with Crippen LogP contribution >= 0.6 is 0 Å². The number of aromatic amines is 1. The Morgan fingerprint density at radius 3 is 2.83 bits per heavy atom. The molecule has 2 heterocycles. The molecule has 0 saturated heterocycles. The van der Waals surface area contributed by atoms with Gasteiger partial charge in [-0.15, -0.1) is 0 Å². The summed E-state index contributed by atoms with van der Waals surface area (Å²) in [6, 6.07) is 14.0. The molecule has 0 amide bonds. The van der Waals surface area contributed by atoms with Gasteiger partial charge in [-0.2, -0.15) is 5.26 Å². The van der Waals surface area contributed by atoms with Gasteiger partial charge in [-0.3, -0.25) is 4.98 Å². The summed E-state index contributed by atoms with van der Waals surface area (Å²) >= 11 is 0. The molecule has 0 aliphatic rings. The van der Waals surface area contributed by atoms with E-state index in [0.717, 1.165) is 34.3 Å². The van der Waals surface area contributed by atoms with Crippen LogP contribution in [-0.2, 0) is 6.54 Å². The van der Waals surface area contributed by atoms with E-state index in [-0.39, 0.29) is 0 Å². The Balaban J connectivity index is 2.10. The third-order valence-electron chi connectivity index (χ3n) is 4.34. The van der Waals surface area contributed by atoms with E-state index < -0.39 is 5.76 Å². The van der Waals surface area contributed by atoms with Crippen molar-refractivity contribution in [3.63, 3.8) is 0 Å². The van der Waals surface area contributed by atoms with Gasteiger partial charge in [-0.05, 0) is 43.7 Å². The Bertz CT molecular complexity index is 1190. The lowest BCUT2D eigenvalue weighted by molar-refractivity contribution is 0.555. The zero-order valence-corrected chi connectivity index (χ0v) is 13.4. The lowest BCUT2D eigenvalue weighted by Gasteiger charge is -2.09. The standard InChI is InChI=1S/C19H15N3O2/c1-3-22-16-8-11(2)4-6-13(16)14(10-20)18(22)12-5-7-17-15(9-12)21-19(23)24-17/h4-9H,3H2,1-2H3,(H,21,23). The van der Waals surface area contributed by atoms with Gasteiger partial charge in [0.1, 0.15) is 6.07 Å². The highest BCUT2D eigenvalue weighted by Gasteiger charge is 2.18. The van der Waals surface area contributed by atoms with E-state index in [1.54, 1.807) is 6.07 Å². The zero-order chi connectivity index (χ0) is 16.8. The van der Waals surface area contributed by atoms with Crippen molar-refractivity contribution < 1.29 is 4.42 Å². The number of H-pyrrole nitrogens is 1. The molecule has 0 spiro atoms. The van der Waals surface area contributed by atoms with Gasteiger partial charge in [0.15, 0.2) is 5.58 Å². The first-order chi connectivity index (χ1) is 11.6. The van der Waals surface area contributed by atoms with Crippen LogP contribution in [0.25, 0.3) is 33.3 Å². The highest BCUT2D eigenvalue weighted by molar-refractivity contribution is 5.96. The minimum atomic E-state index is -0.477. The molecule has 4 rings (SSSR count). The number of rotatable bonds is 2. The van der Waals surface area contributed by atoms with Crippen molar-refractivity contribution in [1.29, 1.82) is 5.26 Å². The second-order valence-electron chi connectivity index (χ2n) is 5.83. The van der Waals surface area contributed by atoms with E-state index in [9.17, 15) is 10.1 Å². The van der Waals surface area contributed by atoms with Crippen molar-refractivity contribution in [3.8, 4) is 17.3 Å². The molecule has 0 fully saturated rings. The molecule has 0 aliphatic heterocycles. The molecule has 1 N–H and O–H groups in total. The predicted octanol–water partition coefficient (Wildman–Crippen LogP) is 3.94. The summed E-state index contributed by atoms with van der Waals surface area (Å²) in [5.74, 6) is -0.477. The summed E-state index contributed by atoms with van der Waals surface area (Å²) in [7, 11) is 0. The molecule has 2 aromatic heterocycles. The van der Waals surface area contributed by atoms with E-state index in [0.29, 0.717) is 16.7 Å². The fourth-order valence-electron chi connectivity index (χ4n) is 3.30. The van der Waals surface area contributed by atoms with Crippen molar-refractivity contribution in [2.24, 2.45) is 0 Å². The van der Waals surface area contributed by atoms with Crippen LogP contribution < -0.4 is 5.76 Å². The summed E-state index contributed by atoms with van der Waals surface area (Å²) < 4.78 is 7.20. The van der Waals surface area contributed by atoms with E-state index in [4.69, 9.17) is 4.42 Å². The van der Waals surface area contributed by atoms with Crippen LogP contribution in [0.15, 0.2) is 45.6 Å². The van der Waals surface area contributed by atoms with E-state index >= 15 is 0 Å². The topological polar surface area (TPSA) is 74.7 Å². The molecular formula is C19H15N3O2. The predicted molar refractivity (Wildman–Crippen MR) is 92.9 cm³/mol. The number of benzene rings is 2. The SMILES string of the molecule is CCn1c(-c2ccc3oc(=O)[nH]c3c2)c(C#N)c2ccc(C)cc21. The van der Waals surface area contributed by atoms with Crippen LogP contribution in [0, 0.1) is 18.3 Å². The number of nitriles is 1. The normalized spacial score (nSPS) is 11.2. The lowest BCUT2D eigenvalue weighted by Crippen LogP contribution is -1.98. The molecule has 118 valence electrons. The van der Waals surface area contributed by atoms with Gasteiger partial charge in [-0.1, -0.05) is 12.1 Å². The summed E-state index contributed by atoms with van der Waals surface area (Å²) in [6.07, 6.45) is 0. The van der Waals surface area contributed by atoms with Gasteiger partial charge in [-0.25, -0.2) is 4.79 Å². The van der Waals surface area contributed by atoms with E-state index in [2.05, 4.69) is 28.6 Å². The molecule has 4 aromatic rings. The van der Waals surface area contributed by atoms with Crippen LogP contribution in [0.3, 0.4) is 0 Å². The molecular weight excluding hydrogens is 302 g/mol. The smallest absolute Gasteiger partial charge is 0.408 e. The lowest BCUT2D eigenvalue weighted by atomic mass is 10.1. The van der Waals surface area contributed by atoms with Gasteiger partial charge in [0, 0.05) is 17.5 Å². The average Bonchev–Trinajstić information content (AvgIpc) is 3.09. The third kappa shape index (κ3) is 1.97. The first-order valence-corrected chi connectivity index (χ1v) is 7.78. The van der Waals surface area contributed by atoms with Crippen molar-refractivity contribution in [2.75, 3.05) is 0 Å². The molecule has 5 heteroatoms. The number of aromatic nitrogens is 2. The Kier molecular flexibility index (Phi) is 3.07. The summed E-state index contributed by atoms with van der Waals surface area (Å²) in [4.78, 5) is 14.1. The number of hydrogen-bond acceptors (Lipinski definition) is 3. The van der Waals surface area contributed by atoms with Crippen LogP contribution in [0.4, 0.5) is 0 Å². The second-order valence-corrected chi connectivity index (χ2v) is 5.83. The Morgan fingerprint density at radius 2 is 2.08 bits per heavy atom. The van der Waals surface area contributed by atoms with Crippen molar-refractivity contribution in [2.45, 2.75) is 20.4 Å². The maximum atomic E-state index is 11.4. The number of aryl methyl sites for hydroxylation is 2. The van der Waals surface area contributed by atoms with E-state index in [1.807, 2.05) is 31.2 Å². The highest BCUT2D eigenvalue weighted by atomic mass is 16.4. The first-order valence-electron chi connectivity index (χ1n) is 7.78. The van der Waals surface area contributed by atoms with Gasteiger partial charge in [0.05, 0.1) is 22.3 Å². The number of nitrogens with one attached hydrogen (secondary N) is 1. The number of oxazole rings is 1. The minimum Gasteiger partial charge on any atom is -0.408 e. The average molecular weight is 317 g/mol. The first kappa shape index (κ1) is 14.3. The fraction of sp³-hybridized carbons (Fsp3) is 0.158. The van der Waals surface area contributed by atoms with Crippen LogP contribution in [0.1, 0.15) is 18.1 Å². The molecule has 2 aromatic carbocycles. The molecule has 5 nitrogen and oxygen atoms in total. The largest absolute Gasteiger partial charge is 0.417 e. The van der Waals surface area contributed by atoms with Gasteiger partial charge in [0.25, 0.3) is 0 Å².